The molecule has 1 nitrogen and oxygen atoms in total. The summed E-state index contributed by atoms with van der Waals surface area (Å²) in [6.45, 7) is 2.19. The monoisotopic (exact) mass is 207 g/mol. The number of allylic oxidation sites excluding steroid dienone is 1. The largest absolute Gasteiger partial charge is 0.324 e. The molecular weight excluding hydrogens is 190 g/mol. The number of thiophene rings is 1. The van der Waals surface area contributed by atoms with Crippen molar-refractivity contribution in [3.05, 3.63) is 28.0 Å². The van der Waals surface area contributed by atoms with Crippen LogP contribution in [-0.2, 0) is 0 Å². The number of hydrogen-bond acceptors (Lipinski definition) is 2. The van der Waals surface area contributed by atoms with E-state index in [0.29, 0.717) is 0 Å². The van der Waals surface area contributed by atoms with Crippen LogP contribution in [0.3, 0.4) is 0 Å². The van der Waals surface area contributed by atoms with Crippen molar-refractivity contribution in [2.24, 2.45) is 5.73 Å². The molecule has 1 aromatic rings. The summed E-state index contributed by atoms with van der Waals surface area (Å²) < 4.78 is 0. The highest BCUT2D eigenvalue weighted by atomic mass is 32.1. The predicted octanol–water partition coefficient (Wildman–Crippen LogP) is 3.34. The molecule has 2 rings (SSSR count). The molecule has 0 saturated carbocycles. The standard InChI is InChI=1S/C12H17NS/c1-9-12(6-7-14-9)10-4-2-3-5-11(13)8-10/h6-8,11H,2-5,13H2,1H3. The summed E-state index contributed by atoms with van der Waals surface area (Å²) in [5, 5.41) is 2.17. The summed E-state index contributed by atoms with van der Waals surface area (Å²) in [4.78, 5) is 1.42. The van der Waals surface area contributed by atoms with Crippen LogP contribution in [0.1, 0.15) is 36.1 Å². The highest BCUT2D eigenvalue weighted by Gasteiger charge is 2.11. The van der Waals surface area contributed by atoms with Gasteiger partial charge in [-0.15, -0.1) is 11.3 Å². The van der Waals surface area contributed by atoms with Crippen LogP contribution in [0.5, 0.6) is 0 Å². The first-order valence-corrected chi connectivity index (χ1v) is 6.16. The van der Waals surface area contributed by atoms with Crippen LogP contribution in [0.15, 0.2) is 17.5 Å². The van der Waals surface area contributed by atoms with Gasteiger partial charge in [0.05, 0.1) is 0 Å². The third-order valence-electron chi connectivity index (χ3n) is 2.85. The molecule has 0 amide bonds. The molecule has 0 aromatic carbocycles. The van der Waals surface area contributed by atoms with Crippen molar-refractivity contribution in [1.29, 1.82) is 0 Å². The number of aryl methyl sites for hydroxylation is 1. The molecular formula is C12H17NS. The minimum absolute atomic E-state index is 0.270. The van der Waals surface area contributed by atoms with Gasteiger partial charge in [0, 0.05) is 10.9 Å². The Labute approximate surface area is 89.6 Å². The maximum Gasteiger partial charge on any atom is 0.0229 e. The van der Waals surface area contributed by atoms with Crippen LogP contribution in [0, 0.1) is 6.92 Å². The summed E-state index contributed by atoms with van der Waals surface area (Å²) in [6, 6.07) is 2.50. The van der Waals surface area contributed by atoms with Crippen LogP contribution >= 0.6 is 11.3 Å². The fraction of sp³-hybridized carbons (Fsp3) is 0.500. The van der Waals surface area contributed by atoms with E-state index in [2.05, 4.69) is 24.4 Å². The highest BCUT2D eigenvalue weighted by Crippen LogP contribution is 2.30. The quantitative estimate of drug-likeness (QED) is 0.751. The van der Waals surface area contributed by atoms with E-state index in [-0.39, 0.29) is 6.04 Å². The van der Waals surface area contributed by atoms with E-state index in [1.807, 2.05) is 11.3 Å². The van der Waals surface area contributed by atoms with Crippen LogP contribution in [0.25, 0.3) is 5.57 Å². The van der Waals surface area contributed by atoms with E-state index < -0.39 is 0 Å². The Morgan fingerprint density at radius 2 is 2.29 bits per heavy atom. The van der Waals surface area contributed by atoms with Gasteiger partial charge in [-0.3, -0.25) is 0 Å². The van der Waals surface area contributed by atoms with E-state index in [1.165, 1.54) is 35.3 Å². The van der Waals surface area contributed by atoms with Crippen molar-refractivity contribution >= 4 is 16.9 Å². The minimum Gasteiger partial charge on any atom is -0.324 e. The summed E-state index contributed by atoms with van der Waals surface area (Å²) >= 11 is 1.82. The molecule has 0 radical (unpaired) electrons. The summed E-state index contributed by atoms with van der Waals surface area (Å²) in [6.07, 6.45) is 7.17. The van der Waals surface area contributed by atoms with Gasteiger partial charge in [-0.2, -0.15) is 0 Å². The van der Waals surface area contributed by atoms with E-state index in [0.717, 1.165) is 6.42 Å². The summed E-state index contributed by atoms with van der Waals surface area (Å²) in [5.74, 6) is 0. The summed E-state index contributed by atoms with van der Waals surface area (Å²) in [5.41, 5.74) is 8.90. The zero-order chi connectivity index (χ0) is 9.97. The van der Waals surface area contributed by atoms with E-state index in [4.69, 9.17) is 5.73 Å². The molecule has 2 N–H and O–H groups in total. The lowest BCUT2D eigenvalue weighted by Crippen LogP contribution is -2.15. The molecule has 0 aliphatic heterocycles. The van der Waals surface area contributed by atoms with Crippen LogP contribution in [-0.4, -0.2) is 6.04 Å². The predicted molar refractivity (Wildman–Crippen MR) is 63.5 cm³/mol. The van der Waals surface area contributed by atoms with Gasteiger partial charge in [0.2, 0.25) is 0 Å². The molecule has 0 fully saturated rings. The first-order chi connectivity index (χ1) is 6.77. The molecule has 1 unspecified atom stereocenters. The zero-order valence-electron chi connectivity index (χ0n) is 8.62. The molecule has 1 aliphatic carbocycles. The lowest BCUT2D eigenvalue weighted by Gasteiger charge is -2.06. The first kappa shape index (κ1) is 9.94. The second kappa shape index (κ2) is 4.28. The normalized spacial score (nSPS) is 23.0. The minimum atomic E-state index is 0.270. The lowest BCUT2D eigenvalue weighted by molar-refractivity contribution is 0.658. The van der Waals surface area contributed by atoms with Crippen LogP contribution in [0.4, 0.5) is 0 Å². The molecule has 14 heavy (non-hydrogen) atoms. The number of rotatable bonds is 1. The molecule has 1 aliphatic rings. The molecule has 76 valence electrons. The average Bonchev–Trinajstić information content (AvgIpc) is 2.45. The Kier molecular flexibility index (Phi) is 3.04. The number of nitrogens with two attached hydrogens (primary N) is 1. The van der Waals surface area contributed by atoms with Gasteiger partial charge in [-0.25, -0.2) is 0 Å². The van der Waals surface area contributed by atoms with E-state index in [1.54, 1.807) is 0 Å². The Morgan fingerprint density at radius 1 is 1.43 bits per heavy atom. The lowest BCUT2D eigenvalue weighted by atomic mass is 10.0. The fourth-order valence-corrected chi connectivity index (χ4v) is 2.80. The Bertz CT molecular complexity index is 338. The molecule has 0 saturated heterocycles. The topological polar surface area (TPSA) is 26.0 Å². The first-order valence-electron chi connectivity index (χ1n) is 5.28. The Balaban J connectivity index is 2.28. The van der Waals surface area contributed by atoms with Crippen molar-refractivity contribution < 1.29 is 0 Å². The van der Waals surface area contributed by atoms with Crippen LogP contribution in [0.2, 0.25) is 0 Å². The molecule has 1 heterocycles. The Morgan fingerprint density at radius 3 is 3.00 bits per heavy atom. The van der Waals surface area contributed by atoms with Crippen molar-refractivity contribution in [1.82, 2.24) is 0 Å². The van der Waals surface area contributed by atoms with Crippen molar-refractivity contribution in [2.75, 3.05) is 0 Å². The van der Waals surface area contributed by atoms with Gasteiger partial charge in [0.1, 0.15) is 0 Å². The third-order valence-corrected chi connectivity index (χ3v) is 3.70. The van der Waals surface area contributed by atoms with Gasteiger partial charge in [0.25, 0.3) is 0 Å². The maximum atomic E-state index is 6.01. The van der Waals surface area contributed by atoms with Gasteiger partial charge in [-0.05, 0) is 48.8 Å². The van der Waals surface area contributed by atoms with Crippen molar-refractivity contribution in [3.8, 4) is 0 Å². The van der Waals surface area contributed by atoms with Gasteiger partial charge in [-0.1, -0.05) is 12.5 Å². The molecule has 0 bridgehead atoms. The molecule has 0 spiro atoms. The van der Waals surface area contributed by atoms with Crippen LogP contribution < -0.4 is 5.73 Å². The maximum absolute atomic E-state index is 6.01. The van der Waals surface area contributed by atoms with Gasteiger partial charge < -0.3 is 5.73 Å². The smallest absolute Gasteiger partial charge is 0.0229 e. The average molecular weight is 207 g/mol. The molecule has 2 heteroatoms. The second-order valence-electron chi connectivity index (χ2n) is 3.99. The summed E-state index contributed by atoms with van der Waals surface area (Å²) in [7, 11) is 0. The van der Waals surface area contributed by atoms with Crippen molar-refractivity contribution in [3.63, 3.8) is 0 Å². The SMILES string of the molecule is Cc1sccc1C1=CC(N)CCCC1. The van der Waals surface area contributed by atoms with Gasteiger partial charge in [0.15, 0.2) is 0 Å². The zero-order valence-corrected chi connectivity index (χ0v) is 9.44. The third kappa shape index (κ3) is 2.07. The van der Waals surface area contributed by atoms with E-state index in [9.17, 15) is 0 Å². The number of hydrogen-bond donors (Lipinski definition) is 1. The van der Waals surface area contributed by atoms with E-state index >= 15 is 0 Å². The molecule has 1 atom stereocenters. The highest BCUT2D eigenvalue weighted by molar-refractivity contribution is 7.10. The second-order valence-corrected chi connectivity index (χ2v) is 5.11. The van der Waals surface area contributed by atoms with Crippen molar-refractivity contribution in [2.45, 2.75) is 38.6 Å². The fourth-order valence-electron chi connectivity index (χ4n) is 2.06. The molecule has 1 aromatic heterocycles. The van der Waals surface area contributed by atoms with Gasteiger partial charge >= 0.3 is 0 Å². The Hall–Kier alpha value is -0.600.